The van der Waals surface area contributed by atoms with Crippen molar-refractivity contribution in [3.63, 3.8) is 0 Å². The van der Waals surface area contributed by atoms with Gasteiger partial charge in [0.05, 0.1) is 5.39 Å². The zero-order valence-corrected chi connectivity index (χ0v) is 17.0. The number of aromatic nitrogens is 2. The molecule has 2 heterocycles. The highest BCUT2D eigenvalue weighted by molar-refractivity contribution is 7.18. The zero-order valence-electron chi connectivity index (χ0n) is 16.2. The monoisotopic (exact) mass is 416 g/mol. The van der Waals surface area contributed by atoms with Gasteiger partial charge in [-0.15, -0.1) is 11.3 Å². The molecule has 1 aliphatic carbocycles. The molecule has 29 heavy (non-hydrogen) atoms. The highest BCUT2D eigenvalue weighted by Gasteiger charge is 2.24. The lowest BCUT2D eigenvalue weighted by Crippen LogP contribution is -2.21. The fourth-order valence-corrected chi connectivity index (χ4v) is 4.93. The standard InChI is InChI=1S/C21H21FN2O4S/c1-11-6-7-15-16(8-11)29-21-18(15)20(26)23-19(24-21)12(2)28-17(25)10-27-14-5-3-4-13(22)9-14/h3-5,9,11-12H,6-8,10H2,1-2H3,(H,23,24,26)/t11-,12+/m0/s1. The van der Waals surface area contributed by atoms with Crippen molar-refractivity contribution in [2.75, 3.05) is 6.61 Å². The molecule has 0 saturated carbocycles. The van der Waals surface area contributed by atoms with Gasteiger partial charge < -0.3 is 14.5 Å². The van der Waals surface area contributed by atoms with Crippen LogP contribution in [0.25, 0.3) is 10.2 Å². The molecule has 2 aromatic heterocycles. The van der Waals surface area contributed by atoms with Gasteiger partial charge in [0.1, 0.15) is 16.4 Å². The minimum Gasteiger partial charge on any atom is -0.482 e. The second kappa shape index (κ2) is 7.94. The fraction of sp³-hybridized carbons (Fsp3) is 0.381. The van der Waals surface area contributed by atoms with E-state index in [0.717, 1.165) is 24.8 Å². The highest BCUT2D eigenvalue weighted by atomic mass is 32.1. The topological polar surface area (TPSA) is 81.3 Å². The number of ether oxygens (including phenoxy) is 2. The maximum atomic E-state index is 13.2. The third kappa shape index (κ3) is 4.17. The van der Waals surface area contributed by atoms with Gasteiger partial charge in [-0.25, -0.2) is 14.2 Å². The van der Waals surface area contributed by atoms with Crippen LogP contribution >= 0.6 is 11.3 Å². The van der Waals surface area contributed by atoms with Crippen LogP contribution in [0.15, 0.2) is 29.1 Å². The highest BCUT2D eigenvalue weighted by Crippen LogP contribution is 2.35. The average Bonchev–Trinajstić information content (AvgIpc) is 3.04. The van der Waals surface area contributed by atoms with E-state index in [2.05, 4.69) is 16.9 Å². The Morgan fingerprint density at radius 1 is 1.45 bits per heavy atom. The predicted octanol–water partition coefficient (Wildman–Crippen LogP) is 3.93. The summed E-state index contributed by atoms with van der Waals surface area (Å²) in [5, 5.41) is 0.661. The van der Waals surface area contributed by atoms with Crippen LogP contribution < -0.4 is 10.3 Å². The van der Waals surface area contributed by atoms with Gasteiger partial charge in [-0.05, 0) is 49.8 Å². The third-order valence-electron chi connectivity index (χ3n) is 5.03. The van der Waals surface area contributed by atoms with E-state index >= 15 is 0 Å². The molecular formula is C21H21FN2O4S. The molecule has 4 rings (SSSR count). The van der Waals surface area contributed by atoms with Crippen LogP contribution in [0.4, 0.5) is 4.39 Å². The lowest BCUT2D eigenvalue weighted by Gasteiger charge is -2.17. The first-order valence-electron chi connectivity index (χ1n) is 9.53. The number of aryl methyl sites for hydroxylation is 1. The number of hydrogen-bond donors (Lipinski definition) is 1. The molecule has 8 heteroatoms. The Bertz CT molecular complexity index is 1120. The fourth-order valence-electron chi connectivity index (χ4n) is 3.54. The van der Waals surface area contributed by atoms with Crippen molar-refractivity contribution >= 4 is 27.5 Å². The number of hydrogen-bond acceptors (Lipinski definition) is 6. The molecule has 6 nitrogen and oxygen atoms in total. The summed E-state index contributed by atoms with van der Waals surface area (Å²) in [5.74, 6) is 0.0532. The molecule has 0 aliphatic heterocycles. The van der Waals surface area contributed by atoms with Gasteiger partial charge in [-0.2, -0.15) is 0 Å². The van der Waals surface area contributed by atoms with Gasteiger partial charge in [0.25, 0.3) is 5.56 Å². The van der Waals surface area contributed by atoms with E-state index in [1.54, 1.807) is 24.3 Å². The van der Waals surface area contributed by atoms with E-state index in [9.17, 15) is 14.0 Å². The van der Waals surface area contributed by atoms with E-state index in [4.69, 9.17) is 9.47 Å². The first-order valence-corrected chi connectivity index (χ1v) is 10.3. The number of esters is 1. The van der Waals surface area contributed by atoms with Crippen LogP contribution in [0.1, 0.15) is 42.6 Å². The first kappa shape index (κ1) is 19.6. The number of nitrogens with zero attached hydrogens (tertiary/aromatic N) is 1. The van der Waals surface area contributed by atoms with E-state index in [1.165, 1.54) is 23.1 Å². The Morgan fingerprint density at radius 2 is 2.28 bits per heavy atom. The summed E-state index contributed by atoms with van der Waals surface area (Å²) in [5.41, 5.74) is 0.910. The quantitative estimate of drug-likeness (QED) is 0.638. The number of thiophene rings is 1. The zero-order chi connectivity index (χ0) is 20.5. The number of benzene rings is 1. The van der Waals surface area contributed by atoms with E-state index in [0.29, 0.717) is 22.0 Å². The summed E-state index contributed by atoms with van der Waals surface area (Å²) >= 11 is 1.55. The Balaban J connectivity index is 1.47. The molecule has 0 unspecified atom stereocenters. The first-order chi connectivity index (χ1) is 13.9. The SMILES string of the molecule is C[C@H]1CCc2c(sc3nc([C@@H](C)OC(=O)COc4cccc(F)c4)[nH]c(=O)c23)C1. The second-order valence-corrected chi connectivity index (χ2v) is 8.44. The summed E-state index contributed by atoms with van der Waals surface area (Å²) in [6.45, 7) is 3.48. The molecule has 2 atom stereocenters. The Labute approximate surface area is 170 Å². The van der Waals surface area contributed by atoms with Crippen LogP contribution in [0.5, 0.6) is 5.75 Å². The molecule has 0 bridgehead atoms. The summed E-state index contributed by atoms with van der Waals surface area (Å²) < 4.78 is 23.7. The van der Waals surface area contributed by atoms with Crippen LogP contribution in [0.2, 0.25) is 0 Å². The maximum Gasteiger partial charge on any atom is 0.344 e. The molecule has 0 saturated heterocycles. The van der Waals surface area contributed by atoms with Crippen molar-refractivity contribution in [2.24, 2.45) is 5.92 Å². The summed E-state index contributed by atoms with van der Waals surface area (Å²) in [6, 6.07) is 5.51. The average molecular weight is 416 g/mol. The van der Waals surface area contributed by atoms with Gasteiger partial charge in [-0.3, -0.25) is 4.79 Å². The van der Waals surface area contributed by atoms with Gasteiger partial charge in [-0.1, -0.05) is 13.0 Å². The molecular weight excluding hydrogens is 395 g/mol. The van der Waals surface area contributed by atoms with Crippen LogP contribution in [-0.2, 0) is 22.4 Å². The van der Waals surface area contributed by atoms with Crippen LogP contribution in [0, 0.1) is 11.7 Å². The lowest BCUT2D eigenvalue weighted by atomic mass is 9.89. The predicted molar refractivity (Wildman–Crippen MR) is 108 cm³/mol. The molecule has 152 valence electrons. The number of H-pyrrole nitrogens is 1. The summed E-state index contributed by atoms with van der Waals surface area (Å²) in [6.07, 6.45) is 2.18. The maximum absolute atomic E-state index is 13.2. The van der Waals surface area contributed by atoms with Crippen molar-refractivity contribution in [1.82, 2.24) is 9.97 Å². The molecule has 3 aromatic rings. The molecule has 0 fully saturated rings. The summed E-state index contributed by atoms with van der Waals surface area (Å²) in [4.78, 5) is 33.9. The Kier molecular flexibility index (Phi) is 5.36. The number of rotatable bonds is 5. The molecule has 1 aliphatic rings. The second-order valence-electron chi connectivity index (χ2n) is 7.36. The normalized spacial score (nSPS) is 17.0. The number of halogens is 1. The van der Waals surface area contributed by atoms with Crippen LogP contribution in [0.3, 0.4) is 0 Å². The van der Waals surface area contributed by atoms with Crippen LogP contribution in [-0.4, -0.2) is 22.5 Å². The number of nitrogens with one attached hydrogen (secondary N) is 1. The summed E-state index contributed by atoms with van der Waals surface area (Å²) in [7, 11) is 0. The Morgan fingerprint density at radius 3 is 3.07 bits per heavy atom. The van der Waals surface area contributed by atoms with Crippen molar-refractivity contribution < 1.29 is 18.7 Å². The number of carbonyl (C=O) groups is 1. The largest absolute Gasteiger partial charge is 0.482 e. The van der Waals surface area contributed by atoms with E-state index in [-0.39, 0.29) is 17.9 Å². The minimum atomic E-state index is -0.742. The van der Waals surface area contributed by atoms with Crippen molar-refractivity contribution in [3.05, 3.63) is 56.7 Å². The van der Waals surface area contributed by atoms with Gasteiger partial charge in [0.15, 0.2) is 18.5 Å². The van der Waals surface area contributed by atoms with Crippen molar-refractivity contribution in [3.8, 4) is 5.75 Å². The molecule has 0 spiro atoms. The lowest BCUT2D eigenvalue weighted by molar-refractivity contribution is -0.151. The van der Waals surface area contributed by atoms with Gasteiger partial charge in [0.2, 0.25) is 0 Å². The Hall–Kier alpha value is -2.74. The molecule has 1 N–H and O–H groups in total. The molecule has 1 aromatic carbocycles. The van der Waals surface area contributed by atoms with Gasteiger partial charge in [0, 0.05) is 10.9 Å². The van der Waals surface area contributed by atoms with E-state index < -0.39 is 17.9 Å². The smallest absolute Gasteiger partial charge is 0.344 e. The van der Waals surface area contributed by atoms with Gasteiger partial charge >= 0.3 is 5.97 Å². The van der Waals surface area contributed by atoms with Crippen molar-refractivity contribution in [2.45, 2.75) is 39.2 Å². The van der Waals surface area contributed by atoms with E-state index in [1.807, 2.05) is 0 Å². The number of carbonyl (C=O) groups excluding carboxylic acids is 1. The number of fused-ring (bicyclic) bond motifs is 3. The minimum absolute atomic E-state index is 0.198. The third-order valence-corrected chi connectivity index (χ3v) is 6.18. The molecule has 0 radical (unpaired) electrons. The molecule has 0 amide bonds. The number of aromatic amines is 1. The van der Waals surface area contributed by atoms with Crippen molar-refractivity contribution in [1.29, 1.82) is 0 Å².